The third-order valence-electron chi connectivity index (χ3n) is 3.53. The average Bonchev–Trinajstić information content (AvgIpc) is 3.11. The molecule has 1 saturated heterocycles. The second-order valence-corrected chi connectivity index (χ2v) is 6.07. The number of carbonyl (C=O) groups excluding carboxylic acids is 1. The first-order valence-electron chi connectivity index (χ1n) is 6.92. The summed E-state index contributed by atoms with van der Waals surface area (Å²) in [6, 6.07) is 3.79. The molecule has 0 bridgehead atoms. The molecule has 1 aliphatic heterocycles. The topological polar surface area (TPSA) is 75.6 Å². The third-order valence-corrected chi connectivity index (χ3v) is 4.36. The first-order valence-corrected chi connectivity index (χ1v) is 7.80. The van der Waals surface area contributed by atoms with E-state index >= 15 is 0 Å². The minimum Gasteiger partial charge on any atom is -0.463 e. The second-order valence-electron chi connectivity index (χ2n) is 5.12. The van der Waals surface area contributed by atoms with Gasteiger partial charge in [0.2, 0.25) is 5.91 Å². The van der Waals surface area contributed by atoms with Crippen LogP contribution in [0.2, 0.25) is 0 Å². The van der Waals surface area contributed by atoms with Crippen LogP contribution >= 0.6 is 11.3 Å². The Labute approximate surface area is 127 Å². The van der Waals surface area contributed by atoms with E-state index in [2.05, 4.69) is 14.8 Å². The van der Waals surface area contributed by atoms with E-state index in [-0.39, 0.29) is 5.91 Å². The highest BCUT2D eigenvalue weighted by molar-refractivity contribution is 7.09. The lowest BCUT2D eigenvalue weighted by molar-refractivity contribution is -0.119. The molecule has 0 atom stereocenters. The average molecular weight is 306 g/mol. The van der Waals surface area contributed by atoms with Crippen molar-refractivity contribution in [3.05, 3.63) is 28.8 Å². The van der Waals surface area contributed by atoms with E-state index in [0.29, 0.717) is 6.54 Å². The number of hydrogen-bond acceptors (Lipinski definition) is 6. The normalized spacial score (nSPS) is 17.1. The number of thiazole rings is 1. The van der Waals surface area contributed by atoms with Crippen molar-refractivity contribution in [3.63, 3.8) is 0 Å². The van der Waals surface area contributed by atoms with Crippen molar-refractivity contribution in [1.29, 1.82) is 0 Å². The molecule has 1 amide bonds. The second kappa shape index (κ2) is 6.38. The first-order chi connectivity index (χ1) is 10.2. The number of primary amides is 1. The molecule has 1 aliphatic rings. The van der Waals surface area contributed by atoms with Gasteiger partial charge in [0, 0.05) is 31.6 Å². The van der Waals surface area contributed by atoms with E-state index in [0.717, 1.165) is 49.2 Å². The van der Waals surface area contributed by atoms with Gasteiger partial charge < -0.3 is 10.2 Å². The Morgan fingerprint density at radius 2 is 2.10 bits per heavy atom. The molecule has 0 aliphatic carbocycles. The van der Waals surface area contributed by atoms with Crippen LogP contribution in [0.5, 0.6) is 0 Å². The number of aromatic nitrogens is 1. The molecule has 0 spiro atoms. The van der Waals surface area contributed by atoms with Crippen LogP contribution in [0.15, 0.2) is 28.2 Å². The maximum Gasteiger partial charge on any atom is 0.231 e. The van der Waals surface area contributed by atoms with Gasteiger partial charge in [0.1, 0.15) is 10.7 Å². The fraction of sp³-hybridized carbons (Fsp3) is 0.429. The summed E-state index contributed by atoms with van der Waals surface area (Å²) in [5, 5.41) is 3.11. The van der Waals surface area contributed by atoms with Crippen molar-refractivity contribution in [2.45, 2.75) is 6.54 Å². The number of amides is 1. The zero-order chi connectivity index (χ0) is 14.7. The Morgan fingerprint density at radius 1 is 1.33 bits per heavy atom. The molecule has 112 valence electrons. The van der Waals surface area contributed by atoms with Crippen molar-refractivity contribution < 1.29 is 9.21 Å². The summed E-state index contributed by atoms with van der Waals surface area (Å²) in [4.78, 5) is 20.0. The third kappa shape index (κ3) is 3.69. The molecule has 21 heavy (non-hydrogen) atoms. The summed E-state index contributed by atoms with van der Waals surface area (Å²) in [7, 11) is 0. The molecule has 7 heteroatoms. The number of piperazine rings is 1. The van der Waals surface area contributed by atoms with Crippen LogP contribution in [0.4, 0.5) is 0 Å². The highest BCUT2D eigenvalue weighted by atomic mass is 32.1. The van der Waals surface area contributed by atoms with Gasteiger partial charge in [-0.05, 0) is 12.1 Å². The van der Waals surface area contributed by atoms with Gasteiger partial charge in [-0.25, -0.2) is 4.98 Å². The summed E-state index contributed by atoms with van der Waals surface area (Å²) in [6.45, 7) is 4.81. The highest BCUT2D eigenvalue weighted by Gasteiger charge is 2.19. The number of nitrogens with zero attached hydrogens (tertiary/aromatic N) is 3. The highest BCUT2D eigenvalue weighted by Crippen LogP contribution is 2.23. The SMILES string of the molecule is NC(=O)CN1CCN(Cc2nc(-c3ccco3)cs2)CC1. The molecule has 3 heterocycles. The van der Waals surface area contributed by atoms with Gasteiger partial charge in [-0.2, -0.15) is 0 Å². The molecule has 1 fully saturated rings. The number of carbonyl (C=O) groups is 1. The van der Waals surface area contributed by atoms with Crippen molar-refractivity contribution in [3.8, 4) is 11.5 Å². The monoisotopic (exact) mass is 306 g/mol. The smallest absolute Gasteiger partial charge is 0.231 e. The zero-order valence-electron chi connectivity index (χ0n) is 11.7. The van der Waals surface area contributed by atoms with E-state index in [1.54, 1.807) is 17.6 Å². The van der Waals surface area contributed by atoms with Gasteiger partial charge in [-0.15, -0.1) is 11.3 Å². The van der Waals surface area contributed by atoms with Crippen LogP contribution in [0.3, 0.4) is 0 Å². The van der Waals surface area contributed by atoms with Crippen molar-refractivity contribution in [2.24, 2.45) is 5.73 Å². The van der Waals surface area contributed by atoms with Crippen LogP contribution < -0.4 is 5.73 Å². The molecule has 6 nitrogen and oxygen atoms in total. The lowest BCUT2D eigenvalue weighted by Crippen LogP contribution is -2.48. The quantitative estimate of drug-likeness (QED) is 0.892. The Kier molecular flexibility index (Phi) is 4.33. The maximum atomic E-state index is 10.9. The van der Waals surface area contributed by atoms with Crippen LogP contribution in [0.25, 0.3) is 11.5 Å². The number of nitrogens with two attached hydrogens (primary N) is 1. The zero-order valence-corrected chi connectivity index (χ0v) is 12.5. The van der Waals surface area contributed by atoms with Gasteiger partial charge >= 0.3 is 0 Å². The molecular formula is C14H18N4O2S. The minimum absolute atomic E-state index is 0.258. The standard InChI is InChI=1S/C14H18N4O2S/c15-13(19)8-17-3-5-18(6-4-17)9-14-16-11(10-21-14)12-2-1-7-20-12/h1-2,7,10H,3-6,8-9H2,(H2,15,19). The van der Waals surface area contributed by atoms with Crippen LogP contribution in [-0.2, 0) is 11.3 Å². The van der Waals surface area contributed by atoms with E-state index in [1.807, 2.05) is 17.5 Å². The Morgan fingerprint density at radius 3 is 2.76 bits per heavy atom. The van der Waals surface area contributed by atoms with Crippen LogP contribution in [0, 0.1) is 0 Å². The molecule has 0 radical (unpaired) electrons. The van der Waals surface area contributed by atoms with E-state index in [1.165, 1.54) is 0 Å². The summed E-state index contributed by atoms with van der Waals surface area (Å²) in [5.74, 6) is 0.551. The number of furan rings is 1. The summed E-state index contributed by atoms with van der Waals surface area (Å²) in [6.07, 6.45) is 1.66. The number of hydrogen-bond donors (Lipinski definition) is 1. The molecule has 2 aromatic heterocycles. The van der Waals surface area contributed by atoms with Crippen molar-refractivity contribution >= 4 is 17.2 Å². The van der Waals surface area contributed by atoms with Gasteiger partial charge in [-0.1, -0.05) is 0 Å². The lowest BCUT2D eigenvalue weighted by Gasteiger charge is -2.33. The first kappa shape index (κ1) is 14.2. The fourth-order valence-electron chi connectivity index (χ4n) is 2.44. The number of rotatable bonds is 5. The summed E-state index contributed by atoms with van der Waals surface area (Å²) < 4.78 is 5.35. The molecular weight excluding hydrogens is 288 g/mol. The van der Waals surface area contributed by atoms with Gasteiger partial charge in [0.25, 0.3) is 0 Å². The van der Waals surface area contributed by atoms with Crippen molar-refractivity contribution in [2.75, 3.05) is 32.7 Å². The Hall–Kier alpha value is -1.70. The molecule has 0 saturated carbocycles. The minimum atomic E-state index is -0.258. The van der Waals surface area contributed by atoms with E-state index in [9.17, 15) is 4.79 Å². The molecule has 2 aromatic rings. The predicted octanol–water partition coefficient (Wildman–Crippen LogP) is 1.01. The largest absolute Gasteiger partial charge is 0.463 e. The van der Waals surface area contributed by atoms with Gasteiger partial charge in [0.15, 0.2) is 5.76 Å². The fourth-order valence-corrected chi connectivity index (χ4v) is 3.26. The van der Waals surface area contributed by atoms with Crippen LogP contribution in [-0.4, -0.2) is 53.4 Å². The maximum absolute atomic E-state index is 10.9. The van der Waals surface area contributed by atoms with Crippen molar-refractivity contribution in [1.82, 2.24) is 14.8 Å². The summed E-state index contributed by atoms with van der Waals surface area (Å²) >= 11 is 1.65. The van der Waals surface area contributed by atoms with E-state index < -0.39 is 0 Å². The van der Waals surface area contributed by atoms with Gasteiger partial charge in [-0.3, -0.25) is 14.6 Å². The Balaban J connectivity index is 1.53. The predicted molar refractivity (Wildman–Crippen MR) is 80.7 cm³/mol. The summed E-state index contributed by atoms with van der Waals surface area (Å²) in [5.41, 5.74) is 6.11. The van der Waals surface area contributed by atoms with Gasteiger partial charge in [0.05, 0.1) is 19.4 Å². The molecule has 0 aromatic carbocycles. The van der Waals surface area contributed by atoms with E-state index in [4.69, 9.17) is 10.2 Å². The Bertz CT molecular complexity index is 588. The molecule has 2 N–H and O–H groups in total. The molecule has 3 rings (SSSR count). The van der Waals surface area contributed by atoms with Crippen LogP contribution in [0.1, 0.15) is 5.01 Å². The lowest BCUT2D eigenvalue weighted by atomic mass is 10.3. The molecule has 0 unspecified atom stereocenters.